The highest BCUT2D eigenvalue weighted by Crippen LogP contribution is 2.18. The van der Waals surface area contributed by atoms with Gasteiger partial charge in [-0.1, -0.05) is 6.92 Å². The summed E-state index contributed by atoms with van der Waals surface area (Å²) in [7, 11) is 0. The van der Waals surface area contributed by atoms with Crippen molar-refractivity contribution in [2.75, 3.05) is 6.61 Å². The van der Waals surface area contributed by atoms with Gasteiger partial charge in [0.25, 0.3) is 0 Å². The fourth-order valence-corrected chi connectivity index (χ4v) is 1.56. The summed E-state index contributed by atoms with van der Waals surface area (Å²) in [6.45, 7) is 6.51. The van der Waals surface area contributed by atoms with Gasteiger partial charge in [0.1, 0.15) is 0 Å². The molecule has 3 heteroatoms. The van der Waals surface area contributed by atoms with Crippen molar-refractivity contribution in [2.24, 2.45) is 5.92 Å². The minimum atomic E-state index is 0.0320. The van der Waals surface area contributed by atoms with Crippen molar-refractivity contribution in [3.05, 3.63) is 0 Å². The van der Waals surface area contributed by atoms with Crippen LogP contribution in [-0.4, -0.2) is 24.7 Å². The maximum atomic E-state index is 10.8. The van der Waals surface area contributed by atoms with Gasteiger partial charge in [-0.25, -0.2) is 0 Å². The molecule has 0 aromatic rings. The molecular formula is C9H17NO2. The molecule has 1 saturated heterocycles. The smallest absolute Gasteiger partial charge is 0.217 e. The lowest BCUT2D eigenvalue weighted by Crippen LogP contribution is -2.47. The molecule has 12 heavy (non-hydrogen) atoms. The molecule has 3 nitrogen and oxygen atoms in total. The predicted molar refractivity (Wildman–Crippen MR) is 46.8 cm³/mol. The normalized spacial score (nSPS) is 36.1. The zero-order valence-corrected chi connectivity index (χ0v) is 7.96. The highest BCUT2D eigenvalue weighted by molar-refractivity contribution is 5.73. The topological polar surface area (TPSA) is 38.3 Å². The van der Waals surface area contributed by atoms with Crippen molar-refractivity contribution < 1.29 is 9.53 Å². The summed E-state index contributed by atoms with van der Waals surface area (Å²) in [4.78, 5) is 10.8. The van der Waals surface area contributed by atoms with Gasteiger partial charge in [-0.15, -0.1) is 0 Å². The monoisotopic (exact) mass is 171 g/mol. The molecule has 1 unspecified atom stereocenters. The number of hydrogen-bond donors (Lipinski definition) is 1. The first-order chi connectivity index (χ1) is 5.59. The van der Waals surface area contributed by atoms with E-state index in [1.165, 1.54) is 0 Å². The number of nitrogens with one attached hydrogen (secondary N) is 1. The second kappa shape index (κ2) is 3.90. The van der Waals surface area contributed by atoms with E-state index in [9.17, 15) is 4.79 Å². The lowest BCUT2D eigenvalue weighted by atomic mass is 9.96. The molecular weight excluding hydrogens is 154 g/mol. The molecule has 3 atom stereocenters. The van der Waals surface area contributed by atoms with Gasteiger partial charge in [0.15, 0.2) is 0 Å². The highest BCUT2D eigenvalue weighted by atomic mass is 16.5. The average molecular weight is 171 g/mol. The van der Waals surface area contributed by atoms with Gasteiger partial charge in [-0.05, 0) is 19.3 Å². The van der Waals surface area contributed by atoms with Crippen LogP contribution in [0.25, 0.3) is 0 Å². The van der Waals surface area contributed by atoms with E-state index in [4.69, 9.17) is 4.74 Å². The Morgan fingerprint density at radius 1 is 1.50 bits per heavy atom. The van der Waals surface area contributed by atoms with Crippen LogP contribution in [0.1, 0.15) is 27.2 Å². The Labute approximate surface area is 73.5 Å². The molecule has 70 valence electrons. The fourth-order valence-electron chi connectivity index (χ4n) is 1.56. The van der Waals surface area contributed by atoms with Crippen LogP contribution in [0.3, 0.4) is 0 Å². The van der Waals surface area contributed by atoms with E-state index in [0.717, 1.165) is 13.0 Å². The first-order valence-corrected chi connectivity index (χ1v) is 4.48. The van der Waals surface area contributed by atoms with Gasteiger partial charge >= 0.3 is 0 Å². The van der Waals surface area contributed by atoms with Crippen molar-refractivity contribution in [1.82, 2.24) is 5.32 Å². The first-order valence-electron chi connectivity index (χ1n) is 4.48. The number of rotatable bonds is 1. The van der Waals surface area contributed by atoms with E-state index in [2.05, 4.69) is 12.2 Å². The van der Waals surface area contributed by atoms with Gasteiger partial charge in [-0.3, -0.25) is 4.79 Å². The highest BCUT2D eigenvalue weighted by Gasteiger charge is 2.26. The Morgan fingerprint density at radius 2 is 2.17 bits per heavy atom. The zero-order valence-electron chi connectivity index (χ0n) is 7.96. The molecule has 0 radical (unpaired) electrons. The third-order valence-corrected chi connectivity index (χ3v) is 2.26. The lowest BCUT2D eigenvalue weighted by Gasteiger charge is -2.33. The van der Waals surface area contributed by atoms with Crippen LogP contribution in [0.2, 0.25) is 0 Å². The van der Waals surface area contributed by atoms with E-state index in [1.807, 2.05) is 6.92 Å². The Bertz CT molecular complexity index is 170. The third-order valence-electron chi connectivity index (χ3n) is 2.26. The minimum Gasteiger partial charge on any atom is -0.376 e. The minimum absolute atomic E-state index is 0.0320. The van der Waals surface area contributed by atoms with Crippen LogP contribution in [-0.2, 0) is 9.53 Å². The number of ether oxygens (including phenoxy) is 1. The van der Waals surface area contributed by atoms with E-state index in [-0.39, 0.29) is 18.1 Å². The molecule has 1 aliphatic rings. The molecule has 0 spiro atoms. The summed E-state index contributed by atoms with van der Waals surface area (Å²) in [5.41, 5.74) is 0. The molecule has 1 N–H and O–H groups in total. The molecule has 0 bridgehead atoms. The quantitative estimate of drug-likeness (QED) is 0.637. The summed E-state index contributed by atoms with van der Waals surface area (Å²) in [5, 5.41) is 2.90. The molecule has 0 aromatic heterocycles. The van der Waals surface area contributed by atoms with Crippen LogP contribution >= 0.6 is 0 Å². The Morgan fingerprint density at radius 3 is 2.75 bits per heavy atom. The predicted octanol–water partition coefficient (Wildman–Crippen LogP) is 0.936. The molecule has 1 rings (SSSR count). The second-order valence-electron chi connectivity index (χ2n) is 3.69. The van der Waals surface area contributed by atoms with E-state index < -0.39 is 0 Å². The molecule has 1 aliphatic heterocycles. The molecule has 0 aromatic carbocycles. The number of carbonyl (C=O) groups is 1. The van der Waals surface area contributed by atoms with Crippen molar-refractivity contribution in [2.45, 2.75) is 39.3 Å². The average Bonchev–Trinajstić information content (AvgIpc) is 1.96. The molecule has 1 amide bonds. The summed E-state index contributed by atoms with van der Waals surface area (Å²) < 4.78 is 5.49. The zero-order chi connectivity index (χ0) is 9.14. The van der Waals surface area contributed by atoms with Gasteiger partial charge < -0.3 is 10.1 Å². The Balaban J connectivity index is 2.43. The second-order valence-corrected chi connectivity index (χ2v) is 3.69. The fraction of sp³-hybridized carbons (Fsp3) is 0.889. The lowest BCUT2D eigenvalue weighted by molar-refractivity contribution is -0.122. The van der Waals surface area contributed by atoms with Crippen LogP contribution < -0.4 is 5.32 Å². The van der Waals surface area contributed by atoms with Gasteiger partial charge in [-0.2, -0.15) is 0 Å². The SMILES string of the molecule is CC(=O)NC1C[C@H](C)CO[C@H]1C. The Hall–Kier alpha value is -0.570. The number of carbonyl (C=O) groups excluding carboxylic acids is 1. The maximum Gasteiger partial charge on any atom is 0.217 e. The van der Waals surface area contributed by atoms with E-state index >= 15 is 0 Å². The van der Waals surface area contributed by atoms with Crippen molar-refractivity contribution >= 4 is 5.91 Å². The molecule has 0 aliphatic carbocycles. The standard InChI is InChI=1S/C9H17NO2/c1-6-4-9(10-8(3)11)7(2)12-5-6/h6-7,9H,4-5H2,1-3H3,(H,10,11)/t6-,7-,9?/m0/s1. The van der Waals surface area contributed by atoms with Crippen LogP contribution in [0.5, 0.6) is 0 Å². The molecule has 1 fully saturated rings. The van der Waals surface area contributed by atoms with Crippen LogP contribution in [0.4, 0.5) is 0 Å². The molecule has 0 saturated carbocycles. The van der Waals surface area contributed by atoms with E-state index in [1.54, 1.807) is 6.92 Å². The Kier molecular flexibility index (Phi) is 3.09. The van der Waals surface area contributed by atoms with Gasteiger partial charge in [0.2, 0.25) is 5.91 Å². The summed E-state index contributed by atoms with van der Waals surface area (Å²) in [6.07, 6.45) is 1.19. The summed E-state index contributed by atoms with van der Waals surface area (Å²) in [5.74, 6) is 0.586. The van der Waals surface area contributed by atoms with Gasteiger partial charge in [0, 0.05) is 13.5 Å². The first kappa shape index (κ1) is 9.52. The van der Waals surface area contributed by atoms with Crippen LogP contribution in [0, 0.1) is 5.92 Å². The van der Waals surface area contributed by atoms with Crippen molar-refractivity contribution in [3.63, 3.8) is 0 Å². The summed E-state index contributed by atoms with van der Waals surface area (Å²) >= 11 is 0. The van der Waals surface area contributed by atoms with E-state index in [0.29, 0.717) is 5.92 Å². The molecule has 1 heterocycles. The van der Waals surface area contributed by atoms with Gasteiger partial charge in [0.05, 0.1) is 12.1 Å². The van der Waals surface area contributed by atoms with Crippen molar-refractivity contribution in [3.8, 4) is 0 Å². The largest absolute Gasteiger partial charge is 0.376 e. The number of amides is 1. The maximum absolute atomic E-state index is 10.8. The van der Waals surface area contributed by atoms with Crippen LogP contribution in [0.15, 0.2) is 0 Å². The number of hydrogen-bond acceptors (Lipinski definition) is 2. The third kappa shape index (κ3) is 2.48. The van der Waals surface area contributed by atoms with Crippen molar-refractivity contribution in [1.29, 1.82) is 0 Å². The summed E-state index contributed by atoms with van der Waals surface area (Å²) in [6, 6.07) is 0.200.